The number of aromatic nitrogens is 2. The molecule has 7 heteroatoms. The molecular formula is C18H19N3O3S. The Labute approximate surface area is 150 Å². The average Bonchev–Trinajstić information content (AvgIpc) is 3.15. The quantitative estimate of drug-likeness (QED) is 0.665. The molecule has 3 aromatic rings. The van der Waals surface area contributed by atoms with Crippen LogP contribution >= 0.6 is 11.8 Å². The number of thioether (sulfide) groups is 1. The Hall–Kier alpha value is -2.54. The number of aryl methyl sites for hydroxylation is 2. The van der Waals surface area contributed by atoms with Crippen LogP contribution < -0.4 is 5.32 Å². The third kappa shape index (κ3) is 4.30. The summed E-state index contributed by atoms with van der Waals surface area (Å²) in [6.45, 7) is 5.78. The maximum absolute atomic E-state index is 12.1. The van der Waals surface area contributed by atoms with Crippen LogP contribution in [0.1, 0.15) is 24.0 Å². The molecule has 6 nitrogen and oxygen atoms in total. The summed E-state index contributed by atoms with van der Waals surface area (Å²) in [5, 5.41) is 10.5. The average molecular weight is 357 g/mol. The fraction of sp³-hybridized carbons (Fsp3) is 0.278. The predicted octanol–water partition coefficient (Wildman–Crippen LogP) is 4.24. The molecule has 130 valence electrons. The van der Waals surface area contributed by atoms with Crippen molar-refractivity contribution in [3.8, 4) is 11.5 Å². The zero-order chi connectivity index (χ0) is 17.8. The van der Waals surface area contributed by atoms with E-state index in [0.29, 0.717) is 11.7 Å². The van der Waals surface area contributed by atoms with Gasteiger partial charge < -0.3 is 8.83 Å². The molecule has 0 fully saturated rings. The van der Waals surface area contributed by atoms with Gasteiger partial charge >= 0.3 is 6.01 Å². The zero-order valence-electron chi connectivity index (χ0n) is 14.3. The first-order chi connectivity index (χ1) is 12.0. The minimum atomic E-state index is -0.203. The second kappa shape index (κ2) is 7.57. The van der Waals surface area contributed by atoms with Crippen molar-refractivity contribution in [2.75, 3.05) is 11.1 Å². The van der Waals surface area contributed by atoms with Crippen LogP contribution in [0.5, 0.6) is 0 Å². The van der Waals surface area contributed by atoms with Gasteiger partial charge in [0.2, 0.25) is 5.91 Å². The first-order valence-electron chi connectivity index (χ1n) is 7.97. The van der Waals surface area contributed by atoms with Crippen LogP contribution in [0.15, 0.2) is 44.1 Å². The van der Waals surface area contributed by atoms with Gasteiger partial charge in [-0.25, -0.2) is 0 Å². The van der Waals surface area contributed by atoms with Gasteiger partial charge in [-0.2, -0.15) is 0 Å². The van der Waals surface area contributed by atoms with Crippen molar-refractivity contribution in [1.82, 2.24) is 10.2 Å². The Bertz CT molecular complexity index is 868. The molecule has 1 aromatic carbocycles. The molecule has 0 unspecified atom stereocenters. The van der Waals surface area contributed by atoms with E-state index < -0.39 is 0 Å². The summed E-state index contributed by atoms with van der Waals surface area (Å²) in [4.78, 5) is 13.3. The number of carbonyl (C=O) groups excluding carboxylic acids is 1. The molecule has 2 aromatic heterocycles. The molecule has 2 heterocycles. The van der Waals surface area contributed by atoms with E-state index in [4.69, 9.17) is 8.83 Å². The minimum Gasteiger partial charge on any atom is -0.466 e. The lowest BCUT2D eigenvalue weighted by Gasteiger charge is -2.03. The number of nitrogens with one attached hydrogen (secondary N) is 1. The van der Waals surface area contributed by atoms with Crippen LogP contribution in [0.4, 0.5) is 6.01 Å². The number of amides is 1. The van der Waals surface area contributed by atoms with Crippen molar-refractivity contribution >= 4 is 23.7 Å². The number of benzene rings is 1. The Morgan fingerprint density at radius 2 is 1.92 bits per heavy atom. The third-order valence-electron chi connectivity index (χ3n) is 3.54. The van der Waals surface area contributed by atoms with Crippen LogP contribution in [0.25, 0.3) is 11.5 Å². The van der Waals surface area contributed by atoms with Crippen molar-refractivity contribution in [2.45, 2.75) is 32.1 Å². The van der Waals surface area contributed by atoms with Crippen molar-refractivity contribution < 1.29 is 13.6 Å². The van der Waals surface area contributed by atoms with Gasteiger partial charge in [-0.3, -0.25) is 10.1 Å². The molecule has 1 amide bonds. The first-order valence-corrected chi connectivity index (χ1v) is 8.96. The normalized spacial score (nSPS) is 10.8. The van der Waals surface area contributed by atoms with E-state index in [1.807, 2.05) is 44.2 Å². The largest absolute Gasteiger partial charge is 0.466 e. The van der Waals surface area contributed by atoms with E-state index in [1.165, 1.54) is 4.90 Å². The first kappa shape index (κ1) is 17.3. The lowest BCUT2D eigenvalue weighted by atomic mass is 10.1. The molecule has 0 aliphatic rings. The Morgan fingerprint density at radius 3 is 2.56 bits per heavy atom. The highest BCUT2D eigenvalue weighted by molar-refractivity contribution is 7.99. The molecule has 0 radical (unpaired) electrons. The van der Waals surface area contributed by atoms with E-state index in [-0.39, 0.29) is 18.3 Å². The standard InChI is InChI=1S/C18H19N3O3S/c1-4-25-14-7-5-13(6-8-14)10-16(22)19-18-21-20-17(24-18)15-9-11(2)23-12(15)3/h5-9H,4,10H2,1-3H3,(H,19,21,22). The summed E-state index contributed by atoms with van der Waals surface area (Å²) < 4.78 is 11.0. The van der Waals surface area contributed by atoms with Gasteiger partial charge in [-0.1, -0.05) is 24.2 Å². The second-order valence-electron chi connectivity index (χ2n) is 5.54. The summed E-state index contributed by atoms with van der Waals surface area (Å²) in [6, 6.07) is 9.85. The van der Waals surface area contributed by atoms with E-state index in [0.717, 1.165) is 22.6 Å². The van der Waals surface area contributed by atoms with Gasteiger partial charge in [0.25, 0.3) is 5.89 Å². The maximum atomic E-state index is 12.1. The molecule has 3 rings (SSSR count). The van der Waals surface area contributed by atoms with E-state index in [2.05, 4.69) is 22.4 Å². The SMILES string of the molecule is CCSc1ccc(CC(=O)Nc2nnc(-c3cc(C)oc3C)o2)cc1. The summed E-state index contributed by atoms with van der Waals surface area (Å²) in [5.74, 6) is 2.61. The van der Waals surface area contributed by atoms with E-state index in [9.17, 15) is 4.79 Å². The van der Waals surface area contributed by atoms with E-state index in [1.54, 1.807) is 11.8 Å². The Kier molecular flexibility index (Phi) is 5.23. The molecule has 0 saturated carbocycles. The summed E-state index contributed by atoms with van der Waals surface area (Å²) >= 11 is 1.77. The molecule has 0 saturated heterocycles. The number of hydrogen-bond donors (Lipinski definition) is 1. The lowest BCUT2D eigenvalue weighted by molar-refractivity contribution is -0.115. The number of nitrogens with zero attached hydrogens (tertiary/aromatic N) is 2. The fourth-order valence-electron chi connectivity index (χ4n) is 2.44. The van der Waals surface area contributed by atoms with Gasteiger partial charge in [0.15, 0.2) is 0 Å². The number of anilines is 1. The highest BCUT2D eigenvalue weighted by atomic mass is 32.2. The maximum Gasteiger partial charge on any atom is 0.322 e. The molecule has 0 aliphatic heterocycles. The molecule has 0 aliphatic carbocycles. The molecule has 0 atom stereocenters. The van der Waals surface area contributed by atoms with Crippen molar-refractivity contribution in [3.63, 3.8) is 0 Å². The predicted molar refractivity (Wildman–Crippen MR) is 96.6 cm³/mol. The van der Waals surface area contributed by atoms with Crippen LogP contribution in [-0.4, -0.2) is 21.9 Å². The molecule has 25 heavy (non-hydrogen) atoms. The molecule has 1 N–H and O–H groups in total. The van der Waals surface area contributed by atoms with Gasteiger partial charge in [-0.15, -0.1) is 16.9 Å². The van der Waals surface area contributed by atoms with E-state index >= 15 is 0 Å². The lowest BCUT2D eigenvalue weighted by Crippen LogP contribution is -2.14. The molecule has 0 bridgehead atoms. The number of rotatable bonds is 6. The van der Waals surface area contributed by atoms with Crippen LogP contribution in [0.3, 0.4) is 0 Å². The monoisotopic (exact) mass is 357 g/mol. The highest BCUT2D eigenvalue weighted by Crippen LogP contribution is 2.26. The molecule has 0 spiro atoms. The topological polar surface area (TPSA) is 81.2 Å². The fourth-order valence-corrected chi connectivity index (χ4v) is 3.11. The minimum absolute atomic E-state index is 0.0800. The summed E-state index contributed by atoms with van der Waals surface area (Å²) in [6.07, 6.45) is 0.249. The zero-order valence-corrected chi connectivity index (χ0v) is 15.1. The highest BCUT2D eigenvalue weighted by Gasteiger charge is 2.16. The smallest absolute Gasteiger partial charge is 0.322 e. The van der Waals surface area contributed by atoms with Crippen molar-refractivity contribution in [1.29, 1.82) is 0 Å². The van der Waals surface area contributed by atoms with Crippen molar-refractivity contribution in [2.24, 2.45) is 0 Å². The van der Waals surface area contributed by atoms with Crippen LogP contribution in [0.2, 0.25) is 0 Å². The summed E-state index contributed by atoms with van der Waals surface area (Å²) in [7, 11) is 0. The number of furan rings is 1. The number of hydrogen-bond acceptors (Lipinski definition) is 6. The van der Waals surface area contributed by atoms with Gasteiger partial charge in [0.1, 0.15) is 11.5 Å². The van der Waals surface area contributed by atoms with Gasteiger partial charge in [-0.05, 0) is 43.4 Å². The van der Waals surface area contributed by atoms with Crippen molar-refractivity contribution in [3.05, 3.63) is 47.4 Å². The molecular weight excluding hydrogens is 338 g/mol. The Balaban J connectivity index is 1.62. The van der Waals surface area contributed by atoms with Gasteiger partial charge in [0, 0.05) is 4.90 Å². The van der Waals surface area contributed by atoms with Crippen LogP contribution in [0, 0.1) is 13.8 Å². The third-order valence-corrected chi connectivity index (χ3v) is 4.44. The van der Waals surface area contributed by atoms with Crippen LogP contribution in [-0.2, 0) is 11.2 Å². The Morgan fingerprint density at radius 1 is 1.16 bits per heavy atom. The second-order valence-corrected chi connectivity index (χ2v) is 6.88. The summed E-state index contributed by atoms with van der Waals surface area (Å²) in [5.41, 5.74) is 1.66. The number of carbonyl (C=O) groups is 1. The van der Waals surface area contributed by atoms with Gasteiger partial charge in [0.05, 0.1) is 12.0 Å².